The summed E-state index contributed by atoms with van der Waals surface area (Å²) in [6, 6.07) is 6.85. The molecule has 0 aromatic carbocycles. The van der Waals surface area contributed by atoms with Gasteiger partial charge in [0.15, 0.2) is 5.82 Å². The third-order valence-corrected chi connectivity index (χ3v) is 7.18. The lowest BCUT2D eigenvalue weighted by Crippen LogP contribution is -2.47. The highest BCUT2D eigenvalue weighted by Crippen LogP contribution is 2.26. The Morgan fingerprint density at radius 1 is 1.09 bits per heavy atom. The summed E-state index contributed by atoms with van der Waals surface area (Å²) in [7, 11) is 0. The van der Waals surface area contributed by atoms with E-state index in [9.17, 15) is 0 Å². The first-order valence-corrected chi connectivity index (χ1v) is 12.2. The van der Waals surface area contributed by atoms with Crippen LogP contribution in [0, 0.1) is 5.92 Å². The standard InChI is InChI=1S/C24H31N9/c1-3-17(4-1)12-26-20-5-2-10-32(14-20)23-7-6-21(28-30-23)15-33-16-22(29-31-33)19-11-18-8-9-25-24(18)27-13-19/h6-7,11,13,16-17,20,26H,1-5,8-10,12,14-15H2,(H,25,27)/t20-/m1/s1. The van der Waals surface area contributed by atoms with Crippen molar-refractivity contribution in [2.45, 2.75) is 51.1 Å². The minimum Gasteiger partial charge on any atom is -0.370 e. The Bertz CT molecular complexity index is 1090. The average molecular weight is 446 g/mol. The van der Waals surface area contributed by atoms with Crippen molar-refractivity contribution >= 4 is 11.6 Å². The van der Waals surface area contributed by atoms with Crippen LogP contribution in [0.5, 0.6) is 0 Å². The summed E-state index contributed by atoms with van der Waals surface area (Å²) < 4.78 is 1.81. The maximum absolute atomic E-state index is 4.53. The van der Waals surface area contributed by atoms with E-state index in [2.05, 4.69) is 59.2 Å². The highest BCUT2D eigenvalue weighted by molar-refractivity contribution is 5.63. The van der Waals surface area contributed by atoms with Gasteiger partial charge < -0.3 is 15.5 Å². The lowest BCUT2D eigenvalue weighted by atomic mass is 9.85. The Kier molecular flexibility index (Phi) is 5.63. The SMILES string of the molecule is c1nc2c(cc1-c1cn(Cc3ccc(N4CCC[C@@H](NCC5CCC5)C4)nn3)nn1)CCN2. The van der Waals surface area contributed by atoms with E-state index < -0.39 is 0 Å². The Labute approximate surface area is 194 Å². The molecular weight excluding hydrogens is 414 g/mol. The van der Waals surface area contributed by atoms with E-state index in [1.165, 1.54) is 44.2 Å². The van der Waals surface area contributed by atoms with Crippen molar-refractivity contribution in [2.24, 2.45) is 5.92 Å². The summed E-state index contributed by atoms with van der Waals surface area (Å²) in [6.45, 7) is 4.72. The Morgan fingerprint density at radius 3 is 2.91 bits per heavy atom. The minimum atomic E-state index is 0.547. The molecule has 3 aliphatic rings. The molecule has 2 N–H and O–H groups in total. The molecule has 1 saturated carbocycles. The van der Waals surface area contributed by atoms with Gasteiger partial charge in [-0.05, 0) is 68.3 Å². The van der Waals surface area contributed by atoms with Crippen LogP contribution in [0.4, 0.5) is 11.6 Å². The number of anilines is 2. The number of nitrogens with one attached hydrogen (secondary N) is 2. The van der Waals surface area contributed by atoms with Gasteiger partial charge in [0, 0.05) is 37.4 Å². The van der Waals surface area contributed by atoms with Crippen LogP contribution in [0.2, 0.25) is 0 Å². The summed E-state index contributed by atoms with van der Waals surface area (Å²) in [4.78, 5) is 6.86. The third-order valence-electron chi connectivity index (χ3n) is 7.18. The molecule has 0 unspecified atom stereocenters. The van der Waals surface area contributed by atoms with Gasteiger partial charge in [-0.3, -0.25) is 0 Å². The number of hydrogen-bond acceptors (Lipinski definition) is 8. The van der Waals surface area contributed by atoms with Gasteiger partial charge in [0.2, 0.25) is 0 Å². The molecule has 1 atom stereocenters. The fourth-order valence-corrected chi connectivity index (χ4v) is 4.98. The van der Waals surface area contributed by atoms with E-state index in [1.54, 1.807) is 0 Å². The van der Waals surface area contributed by atoms with E-state index in [-0.39, 0.29) is 0 Å². The molecule has 3 aromatic rings. The molecule has 2 aliphatic heterocycles. The first-order chi connectivity index (χ1) is 16.3. The molecule has 9 heteroatoms. The third kappa shape index (κ3) is 4.55. The van der Waals surface area contributed by atoms with E-state index in [1.807, 2.05) is 17.1 Å². The van der Waals surface area contributed by atoms with Crippen LogP contribution in [0.25, 0.3) is 11.3 Å². The highest BCUT2D eigenvalue weighted by atomic mass is 15.4. The monoisotopic (exact) mass is 445 g/mol. The summed E-state index contributed by atoms with van der Waals surface area (Å²) in [6.07, 6.45) is 11.4. The molecule has 0 bridgehead atoms. The topological polar surface area (TPSA) is 96.7 Å². The van der Waals surface area contributed by atoms with Crippen molar-refractivity contribution in [3.05, 3.63) is 41.9 Å². The molecule has 2 fully saturated rings. The van der Waals surface area contributed by atoms with Crippen molar-refractivity contribution in [1.82, 2.24) is 35.5 Å². The molecule has 6 rings (SSSR count). The number of rotatable bonds is 7. The van der Waals surface area contributed by atoms with Crippen LogP contribution in [0.15, 0.2) is 30.6 Å². The van der Waals surface area contributed by atoms with Crippen LogP contribution in [-0.2, 0) is 13.0 Å². The van der Waals surface area contributed by atoms with Crippen LogP contribution >= 0.6 is 0 Å². The van der Waals surface area contributed by atoms with Crippen LogP contribution in [0.1, 0.15) is 43.4 Å². The Morgan fingerprint density at radius 2 is 2.06 bits per heavy atom. The zero-order chi connectivity index (χ0) is 22.0. The van der Waals surface area contributed by atoms with Gasteiger partial charge in [0.1, 0.15) is 11.5 Å². The predicted molar refractivity (Wildman–Crippen MR) is 127 cm³/mol. The van der Waals surface area contributed by atoms with Gasteiger partial charge >= 0.3 is 0 Å². The van der Waals surface area contributed by atoms with Crippen molar-refractivity contribution in [3.8, 4) is 11.3 Å². The second-order valence-electron chi connectivity index (χ2n) is 9.58. The average Bonchev–Trinajstić information content (AvgIpc) is 3.48. The number of aromatic nitrogens is 6. The van der Waals surface area contributed by atoms with E-state index in [0.717, 1.165) is 60.6 Å². The Hall–Kier alpha value is -3.07. The summed E-state index contributed by atoms with van der Waals surface area (Å²) in [5, 5.41) is 24.7. The second kappa shape index (κ2) is 9.05. The second-order valence-corrected chi connectivity index (χ2v) is 9.58. The maximum atomic E-state index is 4.53. The van der Waals surface area contributed by atoms with Gasteiger partial charge in [-0.15, -0.1) is 10.2 Å². The minimum absolute atomic E-state index is 0.547. The van der Waals surface area contributed by atoms with Gasteiger partial charge in [-0.2, -0.15) is 5.10 Å². The fraction of sp³-hybridized carbons (Fsp3) is 0.542. The Balaban J connectivity index is 1.07. The number of fused-ring (bicyclic) bond motifs is 1. The van der Waals surface area contributed by atoms with Gasteiger partial charge in [0.25, 0.3) is 0 Å². The molecule has 33 heavy (non-hydrogen) atoms. The molecule has 0 spiro atoms. The summed E-state index contributed by atoms with van der Waals surface area (Å²) in [5.74, 6) is 2.84. The first kappa shape index (κ1) is 20.5. The smallest absolute Gasteiger partial charge is 0.151 e. The first-order valence-electron chi connectivity index (χ1n) is 12.2. The number of hydrogen-bond donors (Lipinski definition) is 2. The molecule has 9 nitrogen and oxygen atoms in total. The summed E-state index contributed by atoms with van der Waals surface area (Å²) in [5.41, 5.74) is 3.94. The van der Waals surface area contributed by atoms with E-state index >= 15 is 0 Å². The van der Waals surface area contributed by atoms with E-state index in [0.29, 0.717) is 12.6 Å². The predicted octanol–water partition coefficient (Wildman–Crippen LogP) is 2.50. The molecule has 1 aliphatic carbocycles. The van der Waals surface area contributed by atoms with Gasteiger partial charge in [-0.1, -0.05) is 11.6 Å². The lowest BCUT2D eigenvalue weighted by molar-refractivity contribution is 0.280. The van der Waals surface area contributed by atoms with Crippen LogP contribution in [0.3, 0.4) is 0 Å². The quantitative estimate of drug-likeness (QED) is 0.573. The van der Waals surface area contributed by atoms with E-state index in [4.69, 9.17) is 0 Å². The molecule has 1 saturated heterocycles. The zero-order valence-electron chi connectivity index (χ0n) is 19.0. The fourth-order valence-electron chi connectivity index (χ4n) is 4.98. The number of nitrogens with zero attached hydrogens (tertiary/aromatic N) is 7. The highest BCUT2D eigenvalue weighted by Gasteiger charge is 2.23. The van der Waals surface area contributed by atoms with Crippen LogP contribution in [-0.4, -0.2) is 62.4 Å². The zero-order valence-corrected chi connectivity index (χ0v) is 19.0. The van der Waals surface area contributed by atoms with Crippen molar-refractivity contribution in [2.75, 3.05) is 36.4 Å². The molecule has 0 radical (unpaired) electrons. The van der Waals surface area contributed by atoms with Gasteiger partial charge in [-0.25, -0.2) is 9.67 Å². The normalized spacial score (nSPS) is 20.4. The lowest BCUT2D eigenvalue weighted by Gasteiger charge is -2.35. The molecule has 172 valence electrons. The summed E-state index contributed by atoms with van der Waals surface area (Å²) >= 11 is 0. The van der Waals surface area contributed by atoms with Crippen molar-refractivity contribution in [3.63, 3.8) is 0 Å². The number of pyridine rings is 1. The molecular formula is C24H31N9. The molecule has 5 heterocycles. The van der Waals surface area contributed by atoms with Crippen LogP contribution < -0.4 is 15.5 Å². The molecule has 0 amide bonds. The molecule has 3 aromatic heterocycles. The largest absolute Gasteiger partial charge is 0.370 e. The van der Waals surface area contributed by atoms with Gasteiger partial charge in [0.05, 0.1) is 18.4 Å². The van der Waals surface area contributed by atoms with Crippen molar-refractivity contribution in [1.29, 1.82) is 0 Å². The van der Waals surface area contributed by atoms with Crippen molar-refractivity contribution < 1.29 is 0 Å². The number of piperidine rings is 1. The maximum Gasteiger partial charge on any atom is 0.151 e.